The quantitative estimate of drug-likeness (QED) is 0.878. The van der Waals surface area contributed by atoms with Crippen LogP contribution in [0.5, 0.6) is 0 Å². The van der Waals surface area contributed by atoms with Crippen LogP contribution in [0.4, 0.5) is 5.69 Å². The van der Waals surface area contributed by atoms with Gasteiger partial charge in [-0.15, -0.1) is 0 Å². The van der Waals surface area contributed by atoms with E-state index in [0.29, 0.717) is 5.41 Å². The molecule has 0 aliphatic heterocycles. The van der Waals surface area contributed by atoms with Crippen LogP contribution in [0.25, 0.3) is 10.8 Å². The number of nitriles is 1. The highest BCUT2D eigenvalue weighted by Crippen LogP contribution is 2.51. The average molecular weight is 264 g/mol. The molecule has 20 heavy (non-hydrogen) atoms. The van der Waals surface area contributed by atoms with E-state index in [-0.39, 0.29) is 0 Å². The standard InChI is InChI=1S/C18H20N2/c1-13(2)18(9-10-18)12-20-17-8-7-14(11-19)15-5-3-4-6-16(15)17/h3-8,13,20H,9-10,12H2,1-2H3. The van der Waals surface area contributed by atoms with E-state index in [1.807, 2.05) is 30.3 Å². The molecule has 0 atom stereocenters. The van der Waals surface area contributed by atoms with E-state index < -0.39 is 0 Å². The third-order valence-electron chi connectivity index (χ3n) is 4.79. The second-order valence-corrected chi connectivity index (χ2v) is 6.19. The van der Waals surface area contributed by atoms with Crippen LogP contribution < -0.4 is 5.32 Å². The molecule has 1 N–H and O–H groups in total. The Morgan fingerprint density at radius 3 is 2.45 bits per heavy atom. The first-order valence-electron chi connectivity index (χ1n) is 7.32. The second kappa shape index (κ2) is 4.83. The highest BCUT2D eigenvalue weighted by Gasteiger charge is 2.44. The van der Waals surface area contributed by atoms with Gasteiger partial charge in [0.25, 0.3) is 0 Å². The van der Waals surface area contributed by atoms with Crippen LogP contribution in [0.2, 0.25) is 0 Å². The lowest BCUT2D eigenvalue weighted by atomic mass is 9.92. The fraction of sp³-hybridized carbons (Fsp3) is 0.389. The maximum Gasteiger partial charge on any atom is 0.0998 e. The molecule has 0 heterocycles. The summed E-state index contributed by atoms with van der Waals surface area (Å²) < 4.78 is 0. The SMILES string of the molecule is CC(C)C1(CNc2ccc(C#N)c3ccccc23)CC1. The first-order valence-corrected chi connectivity index (χ1v) is 7.32. The van der Waals surface area contributed by atoms with Gasteiger partial charge in [-0.2, -0.15) is 5.26 Å². The molecular weight excluding hydrogens is 244 g/mol. The minimum atomic E-state index is 0.481. The minimum absolute atomic E-state index is 0.481. The molecular formula is C18H20N2. The van der Waals surface area contributed by atoms with Crippen molar-refractivity contribution < 1.29 is 0 Å². The lowest BCUT2D eigenvalue weighted by molar-refractivity contribution is 0.380. The van der Waals surface area contributed by atoms with Gasteiger partial charge < -0.3 is 5.32 Å². The highest BCUT2D eigenvalue weighted by atomic mass is 14.9. The van der Waals surface area contributed by atoms with Crippen molar-refractivity contribution in [2.75, 3.05) is 11.9 Å². The number of hydrogen-bond donors (Lipinski definition) is 1. The van der Waals surface area contributed by atoms with E-state index in [4.69, 9.17) is 0 Å². The summed E-state index contributed by atoms with van der Waals surface area (Å²) in [6, 6.07) is 14.4. The van der Waals surface area contributed by atoms with Crippen molar-refractivity contribution in [2.45, 2.75) is 26.7 Å². The van der Waals surface area contributed by atoms with E-state index in [1.54, 1.807) is 0 Å². The molecule has 0 amide bonds. The Balaban J connectivity index is 1.91. The maximum atomic E-state index is 9.20. The van der Waals surface area contributed by atoms with Crippen LogP contribution in [0.15, 0.2) is 36.4 Å². The largest absolute Gasteiger partial charge is 0.384 e. The Bertz CT molecular complexity index is 675. The fourth-order valence-electron chi connectivity index (χ4n) is 2.94. The number of hydrogen-bond acceptors (Lipinski definition) is 2. The van der Waals surface area contributed by atoms with Gasteiger partial charge in [0.2, 0.25) is 0 Å². The van der Waals surface area contributed by atoms with Crippen molar-refractivity contribution in [3.8, 4) is 6.07 Å². The van der Waals surface area contributed by atoms with Gasteiger partial charge in [0.05, 0.1) is 11.6 Å². The summed E-state index contributed by atoms with van der Waals surface area (Å²) in [5.74, 6) is 0.722. The number of benzene rings is 2. The van der Waals surface area contributed by atoms with Crippen molar-refractivity contribution >= 4 is 16.5 Å². The van der Waals surface area contributed by atoms with E-state index >= 15 is 0 Å². The van der Waals surface area contributed by atoms with E-state index in [9.17, 15) is 5.26 Å². The topological polar surface area (TPSA) is 35.8 Å². The molecule has 0 spiro atoms. The molecule has 3 rings (SSSR count). The molecule has 1 fully saturated rings. The molecule has 0 aromatic heterocycles. The summed E-state index contributed by atoms with van der Waals surface area (Å²) in [5.41, 5.74) is 2.37. The fourth-order valence-corrected chi connectivity index (χ4v) is 2.94. The molecule has 1 aliphatic rings. The highest BCUT2D eigenvalue weighted by molar-refractivity contribution is 5.97. The first kappa shape index (κ1) is 13.0. The molecule has 1 saturated carbocycles. The molecule has 0 bridgehead atoms. The molecule has 2 nitrogen and oxygen atoms in total. The summed E-state index contributed by atoms with van der Waals surface area (Å²) >= 11 is 0. The van der Waals surface area contributed by atoms with E-state index in [2.05, 4.69) is 31.3 Å². The predicted molar refractivity (Wildman–Crippen MR) is 83.7 cm³/mol. The Morgan fingerprint density at radius 1 is 1.15 bits per heavy atom. The van der Waals surface area contributed by atoms with Gasteiger partial charge >= 0.3 is 0 Å². The van der Waals surface area contributed by atoms with Gasteiger partial charge in [-0.05, 0) is 36.3 Å². The molecule has 0 unspecified atom stereocenters. The Labute approximate surface area is 120 Å². The van der Waals surface area contributed by atoms with Gasteiger partial charge in [0, 0.05) is 23.0 Å². The molecule has 102 valence electrons. The predicted octanol–water partition coefficient (Wildman–Crippen LogP) is 4.56. The van der Waals surface area contributed by atoms with Gasteiger partial charge in [0.1, 0.15) is 0 Å². The number of anilines is 1. The van der Waals surface area contributed by atoms with Crippen molar-refractivity contribution in [1.29, 1.82) is 5.26 Å². The zero-order valence-corrected chi connectivity index (χ0v) is 12.1. The Hall–Kier alpha value is -2.01. The lowest BCUT2D eigenvalue weighted by Gasteiger charge is -2.21. The summed E-state index contributed by atoms with van der Waals surface area (Å²) in [4.78, 5) is 0. The monoisotopic (exact) mass is 264 g/mol. The van der Waals surface area contributed by atoms with Gasteiger partial charge in [0.15, 0.2) is 0 Å². The van der Waals surface area contributed by atoms with Gasteiger partial charge in [-0.1, -0.05) is 38.1 Å². The van der Waals surface area contributed by atoms with Crippen LogP contribution in [0.1, 0.15) is 32.3 Å². The van der Waals surface area contributed by atoms with Crippen molar-refractivity contribution in [3.05, 3.63) is 42.0 Å². The smallest absolute Gasteiger partial charge is 0.0998 e. The summed E-state index contributed by atoms with van der Waals surface area (Å²) in [5, 5.41) is 15.0. The molecule has 1 aliphatic carbocycles. The zero-order chi connectivity index (χ0) is 14.2. The van der Waals surface area contributed by atoms with E-state index in [0.717, 1.165) is 34.5 Å². The van der Waals surface area contributed by atoms with Crippen molar-refractivity contribution in [1.82, 2.24) is 0 Å². The third-order valence-corrected chi connectivity index (χ3v) is 4.79. The Morgan fingerprint density at radius 2 is 1.85 bits per heavy atom. The average Bonchev–Trinajstić information content (AvgIpc) is 3.26. The molecule has 2 aromatic rings. The zero-order valence-electron chi connectivity index (χ0n) is 12.1. The van der Waals surface area contributed by atoms with Crippen LogP contribution in [0, 0.1) is 22.7 Å². The number of rotatable bonds is 4. The Kier molecular flexibility index (Phi) is 3.14. The van der Waals surface area contributed by atoms with Crippen LogP contribution in [-0.2, 0) is 0 Å². The van der Waals surface area contributed by atoms with Crippen LogP contribution >= 0.6 is 0 Å². The molecule has 0 radical (unpaired) electrons. The number of fused-ring (bicyclic) bond motifs is 1. The van der Waals surface area contributed by atoms with Crippen LogP contribution in [0.3, 0.4) is 0 Å². The lowest BCUT2D eigenvalue weighted by Crippen LogP contribution is -2.20. The van der Waals surface area contributed by atoms with Gasteiger partial charge in [-0.25, -0.2) is 0 Å². The number of nitrogens with one attached hydrogen (secondary N) is 1. The molecule has 2 heteroatoms. The summed E-state index contributed by atoms with van der Waals surface area (Å²) in [7, 11) is 0. The first-order chi connectivity index (χ1) is 9.66. The normalized spacial score (nSPS) is 16.1. The molecule has 2 aromatic carbocycles. The number of nitrogens with zero attached hydrogens (tertiary/aromatic N) is 1. The molecule has 0 saturated heterocycles. The van der Waals surface area contributed by atoms with Gasteiger partial charge in [-0.3, -0.25) is 0 Å². The third kappa shape index (κ3) is 2.14. The minimum Gasteiger partial charge on any atom is -0.384 e. The summed E-state index contributed by atoms with van der Waals surface area (Å²) in [6.07, 6.45) is 2.65. The van der Waals surface area contributed by atoms with Crippen molar-refractivity contribution in [3.63, 3.8) is 0 Å². The second-order valence-electron chi connectivity index (χ2n) is 6.19. The maximum absolute atomic E-state index is 9.20. The van der Waals surface area contributed by atoms with Crippen LogP contribution in [-0.4, -0.2) is 6.54 Å². The van der Waals surface area contributed by atoms with E-state index in [1.165, 1.54) is 12.8 Å². The summed E-state index contributed by atoms with van der Waals surface area (Å²) in [6.45, 7) is 5.65. The van der Waals surface area contributed by atoms with Crippen molar-refractivity contribution in [2.24, 2.45) is 11.3 Å².